The summed E-state index contributed by atoms with van der Waals surface area (Å²) in [6.07, 6.45) is 1.53. The van der Waals surface area contributed by atoms with E-state index >= 15 is 0 Å². The van der Waals surface area contributed by atoms with Gasteiger partial charge < -0.3 is 10.1 Å². The van der Waals surface area contributed by atoms with Crippen molar-refractivity contribution in [2.45, 2.75) is 33.1 Å². The van der Waals surface area contributed by atoms with Crippen LogP contribution >= 0.6 is 0 Å². The Morgan fingerprint density at radius 1 is 1.23 bits per heavy atom. The monoisotopic (exact) mass is 306 g/mol. The van der Waals surface area contributed by atoms with E-state index in [1.54, 1.807) is 19.1 Å². The van der Waals surface area contributed by atoms with Crippen molar-refractivity contribution in [1.29, 1.82) is 0 Å². The molecule has 6 heteroatoms. The van der Waals surface area contributed by atoms with Crippen LogP contribution < -0.4 is 5.32 Å². The van der Waals surface area contributed by atoms with E-state index in [2.05, 4.69) is 17.4 Å². The van der Waals surface area contributed by atoms with Crippen LogP contribution in [0.2, 0.25) is 0 Å². The molecule has 0 spiro atoms. The van der Waals surface area contributed by atoms with Gasteiger partial charge in [0.2, 0.25) is 5.78 Å². The Morgan fingerprint density at radius 2 is 2.00 bits per heavy atom. The van der Waals surface area contributed by atoms with Gasteiger partial charge in [-0.05, 0) is 55.2 Å². The van der Waals surface area contributed by atoms with Crippen molar-refractivity contribution >= 4 is 17.4 Å². The molecule has 0 heterocycles. The summed E-state index contributed by atoms with van der Waals surface area (Å²) >= 11 is 0. The highest BCUT2D eigenvalue weighted by Crippen LogP contribution is 2.24. The Labute approximate surface area is 130 Å². The van der Waals surface area contributed by atoms with Crippen molar-refractivity contribution in [3.8, 4) is 0 Å². The van der Waals surface area contributed by atoms with Crippen molar-refractivity contribution in [1.82, 2.24) is 5.32 Å². The van der Waals surface area contributed by atoms with Crippen molar-refractivity contribution in [3.05, 3.63) is 34.2 Å². The summed E-state index contributed by atoms with van der Waals surface area (Å²) in [7, 11) is 0. The molecule has 22 heavy (non-hydrogen) atoms. The van der Waals surface area contributed by atoms with Crippen LogP contribution in [-0.4, -0.2) is 31.4 Å². The molecule has 0 saturated carbocycles. The molecule has 120 valence electrons. The number of hydrogen-bond acceptors (Lipinski definition) is 6. The molecule has 1 aromatic carbocycles. The Hall–Kier alpha value is -2.08. The summed E-state index contributed by atoms with van der Waals surface area (Å²) in [5.41, 5.74) is 1.55. The van der Waals surface area contributed by atoms with Crippen molar-refractivity contribution in [2.75, 3.05) is 19.7 Å². The maximum absolute atomic E-state index is 11.9. The largest absolute Gasteiger partial charge is 0.460 e. The fourth-order valence-corrected chi connectivity index (χ4v) is 2.11. The number of carbonyl (C=O) groups is 2. The van der Waals surface area contributed by atoms with E-state index < -0.39 is 11.8 Å². The maximum Gasteiger partial charge on any atom is 0.374 e. The number of nitrogens with zero attached hydrogens (tertiary/aromatic N) is 1. The minimum atomic E-state index is -0.877. The molecule has 0 unspecified atom stereocenters. The number of rotatable bonds is 10. The first kappa shape index (κ1) is 18.0. The zero-order chi connectivity index (χ0) is 16.4. The quantitative estimate of drug-likeness (QED) is 0.310. The zero-order valence-corrected chi connectivity index (χ0v) is 13.1. The van der Waals surface area contributed by atoms with Gasteiger partial charge in [-0.2, -0.15) is 0 Å². The number of carbonyl (C=O) groups excluding carboxylic acids is 2. The highest BCUT2D eigenvalue weighted by atomic mass is 16.5. The maximum atomic E-state index is 11.9. The van der Waals surface area contributed by atoms with E-state index in [1.165, 1.54) is 0 Å². The van der Waals surface area contributed by atoms with Crippen LogP contribution in [0.25, 0.3) is 0 Å². The lowest BCUT2D eigenvalue weighted by Crippen LogP contribution is -2.21. The normalized spacial score (nSPS) is 10.3. The highest BCUT2D eigenvalue weighted by molar-refractivity contribution is 6.34. The van der Waals surface area contributed by atoms with E-state index in [0.717, 1.165) is 25.1 Å². The van der Waals surface area contributed by atoms with Gasteiger partial charge in [0.05, 0.1) is 6.61 Å². The lowest BCUT2D eigenvalue weighted by molar-refractivity contribution is -0.153. The molecule has 1 rings (SSSR count). The number of ketones is 1. The number of hydrogen-bond donors (Lipinski definition) is 1. The highest BCUT2D eigenvalue weighted by Gasteiger charge is 2.19. The predicted molar refractivity (Wildman–Crippen MR) is 84.1 cm³/mol. The minimum absolute atomic E-state index is 0.145. The number of benzene rings is 1. The second-order valence-electron chi connectivity index (χ2n) is 4.83. The molecule has 0 aromatic heterocycles. The zero-order valence-electron chi connectivity index (χ0n) is 13.1. The van der Waals surface area contributed by atoms with Gasteiger partial charge in [0.25, 0.3) is 0 Å². The summed E-state index contributed by atoms with van der Waals surface area (Å²) in [4.78, 5) is 34.3. The average Bonchev–Trinajstić information content (AvgIpc) is 2.52. The van der Waals surface area contributed by atoms with Crippen LogP contribution in [0.15, 0.2) is 23.4 Å². The average molecular weight is 306 g/mol. The first-order chi connectivity index (χ1) is 10.6. The van der Waals surface area contributed by atoms with Gasteiger partial charge in [-0.3, -0.25) is 4.79 Å². The summed E-state index contributed by atoms with van der Waals surface area (Å²) in [5, 5.41) is 6.22. The summed E-state index contributed by atoms with van der Waals surface area (Å²) in [6, 6.07) is 5.12. The van der Waals surface area contributed by atoms with Gasteiger partial charge in [0, 0.05) is 6.42 Å². The minimum Gasteiger partial charge on any atom is -0.460 e. The third kappa shape index (κ3) is 5.37. The smallest absolute Gasteiger partial charge is 0.374 e. The molecular formula is C16H22N2O4. The fraction of sp³-hybridized carbons (Fsp3) is 0.500. The molecule has 0 amide bonds. The number of Topliss-reactive ketones (excluding diaryl/α,β-unsaturated/α-hetero) is 1. The van der Waals surface area contributed by atoms with Gasteiger partial charge >= 0.3 is 5.97 Å². The predicted octanol–water partition coefficient (Wildman–Crippen LogP) is 2.30. The van der Waals surface area contributed by atoms with Gasteiger partial charge in [-0.1, -0.05) is 19.1 Å². The van der Waals surface area contributed by atoms with Gasteiger partial charge in [-0.25, -0.2) is 4.79 Å². The van der Waals surface area contributed by atoms with Crippen LogP contribution in [0.3, 0.4) is 0 Å². The summed E-state index contributed by atoms with van der Waals surface area (Å²) < 4.78 is 4.69. The molecule has 1 N–H and O–H groups in total. The topological polar surface area (TPSA) is 84.8 Å². The standard InChI is InChI=1S/C16H22N2O4/c1-3-9-17-10-8-12-6-5-7-14(18-21)13(12)11-15(19)16(20)22-4-2/h5-7,17H,3-4,8-11H2,1-2H3. The Bertz CT molecular complexity index is 529. The Kier molecular flexibility index (Phi) is 7.99. The number of esters is 1. The molecule has 0 saturated heterocycles. The molecule has 0 aliphatic rings. The number of nitroso groups, excluding NO2 is 1. The van der Waals surface area contributed by atoms with Gasteiger partial charge in [-0.15, -0.1) is 4.91 Å². The summed E-state index contributed by atoms with van der Waals surface area (Å²) in [6.45, 7) is 5.50. The number of ether oxygens (including phenoxy) is 1. The van der Waals surface area contributed by atoms with E-state index in [1.807, 2.05) is 6.07 Å². The lowest BCUT2D eigenvalue weighted by Gasteiger charge is -2.11. The Morgan fingerprint density at radius 3 is 2.64 bits per heavy atom. The molecule has 0 atom stereocenters. The van der Waals surface area contributed by atoms with Crippen molar-refractivity contribution < 1.29 is 14.3 Å². The van der Waals surface area contributed by atoms with Crippen molar-refractivity contribution in [3.63, 3.8) is 0 Å². The molecule has 6 nitrogen and oxygen atoms in total. The van der Waals surface area contributed by atoms with Crippen LogP contribution in [-0.2, 0) is 27.2 Å². The molecule has 0 bridgehead atoms. The summed E-state index contributed by atoms with van der Waals surface area (Å²) in [5.74, 6) is -1.54. The van der Waals surface area contributed by atoms with Crippen molar-refractivity contribution in [2.24, 2.45) is 5.18 Å². The molecule has 1 aromatic rings. The molecular weight excluding hydrogens is 284 g/mol. The molecule has 0 radical (unpaired) electrons. The Balaban J connectivity index is 2.87. The van der Waals surface area contributed by atoms with E-state index in [-0.39, 0.29) is 18.7 Å². The number of nitrogens with one attached hydrogen (secondary N) is 1. The second kappa shape index (κ2) is 9.78. The van der Waals surface area contributed by atoms with Crippen LogP contribution in [0, 0.1) is 4.91 Å². The third-order valence-corrected chi connectivity index (χ3v) is 3.18. The van der Waals surface area contributed by atoms with Crippen LogP contribution in [0.5, 0.6) is 0 Å². The van der Waals surface area contributed by atoms with Crippen LogP contribution in [0.4, 0.5) is 5.69 Å². The fourth-order valence-electron chi connectivity index (χ4n) is 2.11. The second-order valence-corrected chi connectivity index (χ2v) is 4.83. The van der Waals surface area contributed by atoms with E-state index in [4.69, 9.17) is 4.74 Å². The van der Waals surface area contributed by atoms with Gasteiger partial charge in [0.1, 0.15) is 5.69 Å². The molecule has 0 aliphatic heterocycles. The van der Waals surface area contributed by atoms with Gasteiger partial charge in [0.15, 0.2) is 0 Å². The first-order valence-electron chi connectivity index (χ1n) is 7.48. The van der Waals surface area contributed by atoms with E-state index in [9.17, 15) is 14.5 Å². The molecule has 0 aliphatic carbocycles. The molecule has 0 fully saturated rings. The van der Waals surface area contributed by atoms with Crippen LogP contribution in [0.1, 0.15) is 31.4 Å². The SMILES string of the molecule is CCCNCCc1cccc(N=O)c1CC(=O)C(=O)OCC. The van der Waals surface area contributed by atoms with E-state index in [0.29, 0.717) is 12.0 Å². The third-order valence-electron chi connectivity index (χ3n) is 3.18. The first-order valence-corrected chi connectivity index (χ1v) is 7.48. The lowest BCUT2D eigenvalue weighted by atomic mass is 9.98.